The molecule has 112 valence electrons. The van der Waals surface area contributed by atoms with Crippen LogP contribution >= 0.6 is 0 Å². The summed E-state index contributed by atoms with van der Waals surface area (Å²) in [5.41, 5.74) is 0. The molecule has 0 aromatic rings. The average molecular weight is 289 g/mol. The lowest BCUT2D eigenvalue weighted by atomic mass is 9.90. The fraction of sp³-hybridized carbons (Fsp3) is 1.00. The Balaban J connectivity index is 2.11. The van der Waals surface area contributed by atoms with Crippen molar-refractivity contribution in [1.29, 1.82) is 0 Å². The van der Waals surface area contributed by atoms with E-state index in [1.54, 1.807) is 0 Å². The normalized spacial score (nSPS) is 37.2. The fourth-order valence-corrected chi connectivity index (χ4v) is 6.02. The van der Waals surface area contributed by atoms with Gasteiger partial charge in [-0.3, -0.25) is 0 Å². The van der Waals surface area contributed by atoms with E-state index in [-0.39, 0.29) is 16.5 Å². The Kier molecular flexibility index (Phi) is 5.26. The molecule has 1 saturated carbocycles. The van der Waals surface area contributed by atoms with Crippen LogP contribution in [0.5, 0.6) is 0 Å². The molecule has 1 aliphatic carbocycles. The maximum atomic E-state index is 12.9. The van der Waals surface area contributed by atoms with Gasteiger partial charge in [-0.25, -0.2) is 8.42 Å². The lowest BCUT2D eigenvalue weighted by Crippen LogP contribution is -2.53. The Hall–Kier alpha value is -0.130. The van der Waals surface area contributed by atoms with Crippen LogP contribution in [0, 0.1) is 5.92 Å². The van der Waals surface area contributed by atoms with Crippen molar-refractivity contribution in [2.45, 2.75) is 62.5 Å². The van der Waals surface area contributed by atoms with Gasteiger partial charge in [-0.05, 0) is 31.7 Å². The van der Waals surface area contributed by atoms with E-state index in [2.05, 4.69) is 12.2 Å². The molecule has 4 nitrogen and oxygen atoms in total. The van der Waals surface area contributed by atoms with E-state index >= 15 is 0 Å². The van der Waals surface area contributed by atoms with Gasteiger partial charge in [-0.2, -0.15) is 0 Å². The van der Waals surface area contributed by atoms with Gasteiger partial charge in [0.15, 0.2) is 9.84 Å². The monoisotopic (exact) mass is 289 g/mol. The van der Waals surface area contributed by atoms with Crippen LogP contribution in [0.15, 0.2) is 0 Å². The molecular formula is C14H27NO3S. The van der Waals surface area contributed by atoms with E-state index in [0.717, 1.165) is 32.2 Å². The Morgan fingerprint density at radius 1 is 1.26 bits per heavy atom. The Bertz CT molecular complexity index is 380. The highest BCUT2D eigenvalue weighted by atomic mass is 32.2. The molecule has 2 fully saturated rings. The Labute approximate surface area is 117 Å². The van der Waals surface area contributed by atoms with Crippen molar-refractivity contribution in [2.75, 3.05) is 19.8 Å². The smallest absolute Gasteiger partial charge is 0.159 e. The molecule has 0 amide bonds. The molecule has 0 bridgehead atoms. The largest absolute Gasteiger partial charge is 0.380 e. The first-order chi connectivity index (χ1) is 9.05. The third-order valence-corrected chi connectivity index (χ3v) is 7.21. The second-order valence-corrected chi connectivity index (χ2v) is 8.50. The summed E-state index contributed by atoms with van der Waals surface area (Å²) in [4.78, 5) is 0. The molecule has 5 heteroatoms. The zero-order valence-electron chi connectivity index (χ0n) is 12.1. The maximum Gasteiger partial charge on any atom is 0.159 e. The Morgan fingerprint density at radius 2 is 2.05 bits per heavy atom. The van der Waals surface area contributed by atoms with Crippen LogP contribution in [0.3, 0.4) is 0 Å². The molecule has 0 radical (unpaired) electrons. The minimum Gasteiger partial charge on any atom is -0.380 e. The fourth-order valence-electron chi connectivity index (χ4n) is 3.46. The molecule has 0 spiro atoms. The number of hydrogen-bond acceptors (Lipinski definition) is 4. The minimum absolute atomic E-state index is 0.0704. The molecule has 0 aromatic heterocycles. The van der Waals surface area contributed by atoms with Gasteiger partial charge in [0.25, 0.3) is 0 Å². The van der Waals surface area contributed by atoms with Gasteiger partial charge in [0.05, 0.1) is 11.9 Å². The summed E-state index contributed by atoms with van der Waals surface area (Å²) < 4.78 is 31.1. The highest BCUT2D eigenvalue weighted by molar-refractivity contribution is 7.92. The van der Waals surface area contributed by atoms with E-state index in [0.29, 0.717) is 19.1 Å². The van der Waals surface area contributed by atoms with Crippen molar-refractivity contribution >= 4 is 9.84 Å². The molecule has 4 atom stereocenters. The van der Waals surface area contributed by atoms with Crippen molar-refractivity contribution in [3.8, 4) is 0 Å². The van der Waals surface area contributed by atoms with Gasteiger partial charge in [-0.1, -0.05) is 26.7 Å². The Morgan fingerprint density at radius 3 is 2.74 bits per heavy atom. The first kappa shape index (κ1) is 15.3. The molecule has 2 aliphatic rings. The van der Waals surface area contributed by atoms with Gasteiger partial charge in [-0.15, -0.1) is 0 Å². The summed E-state index contributed by atoms with van der Waals surface area (Å²) in [6, 6.07) is 0.0704. The van der Waals surface area contributed by atoms with Crippen molar-refractivity contribution in [2.24, 2.45) is 5.92 Å². The number of nitrogens with one attached hydrogen (secondary N) is 1. The van der Waals surface area contributed by atoms with E-state index < -0.39 is 9.84 Å². The molecule has 0 aromatic carbocycles. The van der Waals surface area contributed by atoms with Gasteiger partial charge in [0.1, 0.15) is 5.25 Å². The predicted octanol–water partition coefficient (Wildman–Crippen LogP) is 1.75. The molecule has 1 heterocycles. The molecule has 19 heavy (non-hydrogen) atoms. The summed E-state index contributed by atoms with van der Waals surface area (Å²) in [7, 11) is -3.08. The third kappa shape index (κ3) is 3.50. The van der Waals surface area contributed by atoms with Crippen LogP contribution < -0.4 is 5.32 Å². The lowest BCUT2D eigenvalue weighted by Gasteiger charge is -2.36. The van der Waals surface area contributed by atoms with Crippen LogP contribution in [0.2, 0.25) is 0 Å². The SMILES string of the molecule is CCNC1CCOCC1S(=O)(=O)C1CCCC(C)C1. The number of sulfone groups is 1. The van der Waals surface area contributed by atoms with E-state index in [1.807, 2.05) is 6.92 Å². The molecular weight excluding hydrogens is 262 g/mol. The van der Waals surface area contributed by atoms with Crippen LogP contribution in [0.4, 0.5) is 0 Å². The van der Waals surface area contributed by atoms with Crippen molar-refractivity contribution in [1.82, 2.24) is 5.32 Å². The first-order valence-electron chi connectivity index (χ1n) is 7.59. The van der Waals surface area contributed by atoms with Crippen molar-refractivity contribution in [3.05, 3.63) is 0 Å². The summed E-state index contributed by atoms with van der Waals surface area (Å²) in [5.74, 6) is 0.538. The van der Waals surface area contributed by atoms with Gasteiger partial charge in [0.2, 0.25) is 0 Å². The number of ether oxygens (including phenoxy) is 1. The first-order valence-corrected chi connectivity index (χ1v) is 9.20. The van der Waals surface area contributed by atoms with Crippen molar-refractivity contribution < 1.29 is 13.2 Å². The molecule has 4 unspecified atom stereocenters. The minimum atomic E-state index is -3.08. The standard InChI is InChI=1S/C14H27NO3S/c1-3-15-13-7-8-18-10-14(13)19(16,17)12-6-4-5-11(2)9-12/h11-15H,3-10H2,1-2H3. The molecule has 1 aliphatic heterocycles. The van der Waals surface area contributed by atoms with Crippen LogP contribution in [-0.2, 0) is 14.6 Å². The van der Waals surface area contributed by atoms with Crippen LogP contribution in [0.25, 0.3) is 0 Å². The summed E-state index contributed by atoms with van der Waals surface area (Å²) in [6.07, 6.45) is 4.69. The van der Waals surface area contributed by atoms with Gasteiger partial charge < -0.3 is 10.1 Å². The maximum absolute atomic E-state index is 12.9. The zero-order valence-corrected chi connectivity index (χ0v) is 12.9. The zero-order chi connectivity index (χ0) is 13.9. The predicted molar refractivity (Wildman–Crippen MR) is 77.0 cm³/mol. The summed E-state index contributed by atoms with van der Waals surface area (Å²) >= 11 is 0. The van der Waals surface area contributed by atoms with Crippen molar-refractivity contribution in [3.63, 3.8) is 0 Å². The highest BCUT2D eigenvalue weighted by Crippen LogP contribution is 2.32. The van der Waals surface area contributed by atoms with Crippen LogP contribution in [-0.4, -0.2) is 44.7 Å². The topological polar surface area (TPSA) is 55.4 Å². The number of hydrogen-bond donors (Lipinski definition) is 1. The van der Waals surface area contributed by atoms with Gasteiger partial charge >= 0.3 is 0 Å². The second kappa shape index (κ2) is 6.55. The lowest BCUT2D eigenvalue weighted by molar-refractivity contribution is 0.0807. The summed E-state index contributed by atoms with van der Waals surface area (Å²) in [6.45, 7) is 6.05. The highest BCUT2D eigenvalue weighted by Gasteiger charge is 2.41. The van der Waals surface area contributed by atoms with E-state index in [9.17, 15) is 8.42 Å². The molecule has 1 saturated heterocycles. The number of rotatable bonds is 4. The molecule has 2 rings (SSSR count). The third-order valence-electron chi connectivity index (χ3n) is 4.55. The van der Waals surface area contributed by atoms with Gasteiger partial charge in [0, 0.05) is 12.6 Å². The quantitative estimate of drug-likeness (QED) is 0.856. The summed E-state index contributed by atoms with van der Waals surface area (Å²) in [5, 5.41) is 2.83. The van der Waals surface area contributed by atoms with E-state index in [4.69, 9.17) is 4.74 Å². The molecule has 1 N–H and O–H groups in total. The second-order valence-electron chi connectivity index (χ2n) is 6.05. The van der Waals surface area contributed by atoms with E-state index in [1.165, 1.54) is 6.42 Å². The average Bonchev–Trinajstić information content (AvgIpc) is 2.39. The van der Waals surface area contributed by atoms with Crippen LogP contribution in [0.1, 0.15) is 46.0 Å².